The number of aliphatic hydroxyl groups is 1. The number of hydrogen-bond acceptors (Lipinski definition) is 3. The predicted octanol–water partition coefficient (Wildman–Crippen LogP) is 1.13. The maximum absolute atomic E-state index is 8.54. The second-order valence-corrected chi connectivity index (χ2v) is 2.96. The summed E-state index contributed by atoms with van der Waals surface area (Å²) in [5, 5.41) is 8.54. The van der Waals surface area contributed by atoms with Crippen LogP contribution in [0.3, 0.4) is 0 Å². The third-order valence-corrected chi connectivity index (χ3v) is 1.95. The van der Waals surface area contributed by atoms with E-state index in [1.165, 1.54) is 5.56 Å². The van der Waals surface area contributed by atoms with Crippen LogP contribution >= 0.6 is 0 Å². The van der Waals surface area contributed by atoms with Gasteiger partial charge in [-0.1, -0.05) is 12.1 Å². The summed E-state index contributed by atoms with van der Waals surface area (Å²) in [6.45, 7) is 1.23. The molecule has 0 aromatic heterocycles. The van der Waals surface area contributed by atoms with Gasteiger partial charge < -0.3 is 14.6 Å². The molecule has 0 spiro atoms. The Balaban J connectivity index is 1.96. The molecule has 1 N–H and O–H groups in total. The minimum atomic E-state index is 0.0491. The van der Waals surface area contributed by atoms with Gasteiger partial charge in [0.15, 0.2) is 0 Å². The fourth-order valence-corrected chi connectivity index (χ4v) is 1.18. The second-order valence-electron chi connectivity index (χ2n) is 2.96. The number of hydrogen-bond donors (Lipinski definition) is 1. The topological polar surface area (TPSA) is 42.0 Å². The molecule has 1 aromatic rings. The van der Waals surface area contributed by atoms with Crippen molar-refractivity contribution in [2.75, 3.05) is 19.8 Å². The van der Waals surface area contributed by atoms with Gasteiger partial charge in [-0.3, -0.25) is 0 Å². The molecular weight excluding hydrogens is 168 g/mol. The molecule has 1 fully saturated rings. The van der Waals surface area contributed by atoms with Gasteiger partial charge in [0.25, 0.3) is 0 Å². The number of aliphatic hydroxyl groups excluding tert-OH is 1. The molecule has 1 aliphatic heterocycles. The lowest BCUT2D eigenvalue weighted by molar-refractivity contribution is 0.201. The molecule has 0 bridgehead atoms. The van der Waals surface area contributed by atoms with Gasteiger partial charge >= 0.3 is 0 Å². The van der Waals surface area contributed by atoms with Crippen LogP contribution in [0.25, 0.3) is 0 Å². The maximum atomic E-state index is 8.54. The first kappa shape index (κ1) is 8.53. The summed E-state index contributed by atoms with van der Waals surface area (Å²) in [6.07, 6.45) is 0.298. The van der Waals surface area contributed by atoms with Gasteiger partial charge in [0.2, 0.25) is 0 Å². The number of ether oxygens (including phenoxy) is 2. The fourth-order valence-electron chi connectivity index (χ4n) is 1.18. The van der Waals surface area contributed by atoms with E-state index in [0.717, 1.165) is 12.4 Å². The van der Waals surface area contributed by atoms with Crippen LogP contribution in [0.4, 0.5) is 0 Å². The third kappa shape index (κ3) is 2.20. The fraction of sp³-hybridized carbons (Fsp3) is 0.400. The minimum absolute atomic E-state index is 0.0491. The van der Waals surface area contributed by atoms with E-state index >= 15 is 0 Å². The van der Waals surface area contributed by atoms with Gasteiger partial charge in [-0.05, 0) is 17.7 Å². The Labute approximate surface area is 76.9 Å². The lowest BCUT2D eigenvalue weighted by Crippen LogP contribution is -2.01. The van der Waals surface area contributed by atoms with E-state index < -0.39 is 0 Å². The Morgan fingerprint density at radius 1 is 1.38 bits per heavy atom. The molecule has 1 aromatic carbocycles. The van der Waals surface area contributed by atoms with Gasteiger partial charge in [-0.15, -0.1) is 0 Å². The first-order chi connectivity index (χ1) is 6.40. The lowest BCUT2D eigenvalue weighted by Gasteiger charge is -2.03. The van der Waals surface area contributed by atoms with Crippen LogP contribution in [0.2, 0.25) is 0 Å². The molecule has 2 rings (SSSR count). The maximum Gasteiger partial charge on any atom is 0.119 e. The molecule has 1 aliphatic rings. The highest BCUT2D eigenvalue weighted by atomic mass is 16.6. The quantitative estimate of drug-likeness (QED) is 0.706. The summed E-state index contributed by atoms with van der Waals surface area (Å²) >= 11 is 0. The molecule has 1 saturated heterocycles. The Kier molecular flexibility index (Phi) is 2.47. The van der Waals surface area contributed by atoms with Crippen molar-refractivity contribution in [3.05, 3.63) is 29.8 Å². The van der Waals surface area contributed by atoms with Crippen molar-refractivity contribution < 1.29 is 14.6 Å². The first-order valence-electron chi connectivity index (χ1n) is 4.35. The van der Waals surface area contributed by atoms with Crippen molar-refractivity contribution in [2.45, 2.75) is 6.10 Å². The van der Waals surface area contributed by atoms with E-state index in [9.17, 15) is 0 Å². The Morgan fingerprint density at radius 2 is 2.08 bits per heavy atom. The third-order valence-electron chi connectivity index (χ3n) is 1.95. The van der Waals surface area contributed by atoms with Crippen molar-refractivity contribution in [1.82, 2.24) is 0 Å². The van der Waals surface area contributed by atoms with Gasteiger partial charge in [-0.2, -0.15) is 0 Å². The molecule has 0 amide bonds. The highest BCUT2D eigenvalue weighted by Gasteiger charge is 2.24. The summed E-state index contributed by atoms with van der Waals surface area (Å²) in [5.74, 6) is 0.790. The lowest BCUT2D eigenvalue weighted by atomic mass is 10.2. The summed E-state index contributed by atoms with van der Waals surface area (Å²) in [5.41, 5.74) is 1.19. The Bertz CT molecular complexity index is 264. The van der Waals surface area contributed by atoms with Crippen LogP contribution in [0.1, 0.15) is 11.7 Å². The SMILES string of the molecule is OCCOc1ccc(C2CO2)cc1. The number of benzene rings is 1. The highest BCUT2D eigenvalue weighted by Crippen LogP contribution is 2.30. The van der Waals surface area contributed by atoms with Crippen molar-refractivity contribution in [3.8, 4) is 5.75 Å². The van der Waals surface area contributed by atoms with Crippen LogP contribution in [0, 0.1) is 0 Å². The van der Waals surface area contributed by atoms with Crippen LogP contribution in [-0.2, 0) is 4.74 Å². The van der Waals surface area contributed by atoms with Crippen LogP contribution in [0.5, 0.6) is 5.75 Å². The summed E-state index contributed by atoms with van der Waals surface area (Å²) in [6, 6.07) is 7.77. The zero-order valence-electron chi connectivity index (χ0n) is 7.27. The molecule has 0 saturated carbocycles. The molecule has 70 valence electrons. The average molecular weight is 180 g/mol. The monoisotopic (exact) mass is 180 g/mol. The van der Waals surface area contributed by atoms with Crippen LogP contribution in [0.15, 0.2) is 24.3 Å². The van der Waals surface area contributed by atoms with Crippen LogP contribution < -0.4 is 4.74 Å². The molecule has 1 heterocycles. The Morgan fingerprint density at radius 3 is 2.62 bits per heavy atom. The number of rotatable bonds is 4. The normalized spacial score (nSPS) is 19.9. The van der Waals surface area contributed by atoms with Crippen molar-refractivity contribution in [1.29, 1.82) is 0 Å². The molecule has 13 heavy (non-hydrogen) atoms. The van der Waals surface area contributed by atoms with Gasteiger partial charge in [0.1, 0.15) is 18.5 Å². The van der Waals surface area contributed by atoms with Crippen molar-refractivity contribution >= 4 is 0 Å². The van der Waals surface area contributed by atoms with Gasteiger partial charge in [0.05, 0.1) is 13.2 Å². The smallest absolute Gasteiger partial charge is 0.119 e. The molecule has 3 nitrogen and oxygen atoms in total. The Hall–Kier alpha value is -1.06. The molecule has 0 radical (unpaired) electrons. The summed E-state index contributed by atoms with van der Waals surface area (Å²) < 4.78 is 10.4. The van der Waals surface area contributed by atoms with E-state index in [1.807, 2.05) is 24.3 Å². The largest absolute Gasteiger partial charge is 0.491 e. The van der Waals surface area contributed by atoms with E-state index in [0.29, 0.717) is 12.7 Å². The second kappa shape index (κ2) is 3.77. The minimum Gasteiger partial charge on any atom is -0.491 e. The van der Waals surface area contributed by atoms with Crippen molar-refractivity contribution in [2.24, 2.45) is 0 Å². The van der Waals surface area contributed by atoms with E-state index in [-0.39, 0.29) is 6.61 Å². The van der Waals surface area contributed by atoms with Gasteiger partial charge in [-0.25, -0.2) is 0 Å². The van der Waals surface area contributed by atoms with Crippen LogP contribution in [-0.4, -0.2) is 24.9 Å². The molecule has 1 atom stereocenters. The molecule has 1 unspecified atom stereocenters. The molecular formula is C10H12O3. The number of epoxide rings is 1. The average Bonchev–Trinajstić information content (AvgIpc) is 2.99. The molecule has 3 heteroatoms. The zero-order chi connectivity index (χ0) is 9.10. The highest BCUT2D eigenvalue weighted by molar-refractivity contribution is 5.29. The zero-order valence-corrected chi connectivity index (χ0v) is 7.27. The van der Waals surface area contributed by atoms with E-state index in [4.69, 9.17) is 14.6 Å². The van der Waals surface area contributed by atoms with Crippen molar-refractivity contribution in [3.63, 3.8) is 0 Å². The summed E-state index contributed by atoms with van der Waals surface area (Å²) in [7, 11) is 0. The first-order valence-corrected chi connectivity index (χ1v) is 4.35. The molecule has 0 aliphatic carbocycles. The van der Waals surface area contributed by atoms with Gasteiger partial charge in [0, 0.05) is 0 Å². The summed E-state index contributed by atoms with van der Waals surface area (Å²) in [4.78, 5) is 0. The van der Waals surface area contributed by atoms with E-state index in [1.54, 1.807) is 0 Å². The standard InChI is InChI=1S/C10H12O3/c11-5-6-12-9-3-1-8(2-4-9)10-7-13-10/h1-4,10-11H,5-7H2. The van der Waals surface area contributed by atoms with E-state index in [2.05, 4.69) is 0 Å². The predicted molar refractivity (Wildman–Crippen MR) is 47.7 cm³/mol.